The molecule has 1 aromatic carbocycles. The molecule has 1 aromatic heterocycles. The van der Waals surface area contributed by atoms with Gasteiger partial charge in [-0.15, -0.1) is 0 Å². The fourth-order valence-electron chi connectivity index (χ4n) is 4.25. The molecular formula is C23H32N4O4S2. The molecule has 2 saturated heterocycles. The van der Waals surface area contributed by atoms with Crippen LogP contribution in [0.1, 0.15) is 29.8 Å². The Labute approximate surface area is 200 Å². The van der Waals surface area contributed by atoms with E-state index in [1.807, 2.05) is 37.3 Å². The van der Waals surface area contributed by atoms with Gasteiger partial charge in [-0.05, 0) is 32.3 Å². The Kier molecular flexibility index (Phi) is 7.78. The van der Waals surface area contributed by atoms with E-state index in [0.29, 0.717) is 26.2 Å². The van der Waals surface area contributed by atoms with E-state index in [4.69, 9.17) is 4.74 Å². The maximum atomic E-state index is 12.8. The second-order valence-corrected chi connectivity index (χ2v) is 11.5. The maximum absolute atomic E-state index is 12.8. The Morgan fingerprint density at radius 2 is 1.88 bits per heavy atom. The van der Waals surface area contributed by atoms with E-state index in [1.165, 1.54) is 16.1 Å². The van der Waals surface area contributed by atoms with Gasteiger partial charge in [0.15, 0.2) is 5.16 Å². The molecule has 2 aromatic rings. The normalized spacial score (nSPS) is 19.8. The van der Waals surface area contributed by atoms with Gasteiger partial charge >= 0.3 is 0 Å². The smallest absolute Gasteiger partial charge is 0.233 e. The molecule has 0 radical (unpaired) electrons. The van der Waals surface area contributed by atoms with Crippen LogP contribution in [0, 0.1) is 13.8 Å². The average Bonchev–Trinajstić information content (AvgIpc) is 3.42. The van der Waals surface area contributed by atoms with Gasteiger partial charge in [0.25, 0.3) is 0 Å². The van der Waals surface area contributed by atoms with Gasteiger partial charge in [-0.2, -0.15) is 4.31 Å². The zero-order valence-corrected chi connectivity index (χ0v) is 20.9. The number of aromatic nitrogens is 2. The van der Waals surface area contributed by atoms with Crippen LogP contribution in [-0.4, -0.2) is 77.7 Å². The fourth-order valence-corrected chi connectivity index (χ4v) is 6.77. The predicted octanol–water partition coefficient (Wildman–Crippen LogP) is 2.45. The van der Waals surface area contributed by atoms with Crippen LogP contribution in [0.2, 0.25) is 0 Å². The summed E-state index contributed by atoms with van der Waals surface area (Å²) in [5, 5.41) is 0.845. The monoisotopic (exact) mass is 492 g/mol. The lowest BCUT2D eigenvalue weighted by Gasteiger charge is -2.34. The quantitative estimate of drug-likeness (QED) is 0.527. The minimum atomic E-state index is -3.40. The molecule has 1 atom stereocenters. The number of imidazole rings is 1. The summed E-state index contributed by atoms with van der Waals surface area (Å²) in [5.41, 5.74) is 2.86. The molecule has 0 bridgehead atoms. The van der Waals surface area contributed by atoms with Gasteiger partial charge in [0.1, 0.15) is 0 Å². The number of carbonyl (C=O) groups excluding carboxylic acids is 1. The van der Waals surface area contributed by atoms with Crippen molar-refractivity contribution in [1.29, 1.82) is 0 Å². The Bertz CT molecular complexity index is 1060. The van der Waals surface area contributed by atoms with Crippen LogP contribution in [0.15, 0.2) is 35.5 Å². The maximum Gasteiger partial charge on any atom is 0.233 e. The summed E-state index contributed by atoms with van der Waals surface area (Å²) in [4.78, 5) is 19.3. The van der Waals surface area contributed by atoms with E-state index in [9.17, 15) is 13.2 Å². The van der Waals surface area contributed by atoms with Crippen LogP contribution >= 0.6 is 11.8 Å². The number of hydrogen-bond donors (Lipinski definition) is 0. The fraction of sp³-hybridized carbons (Fsp3) is 0.565. The zero-order valence-electron chi connectivity index (χ0n) is 19.3. The molecule has 2 aliphatic heterocycles. The van der Waals surface area contributed by atoms with Crippen molar-refractivity contribution < 1.29 is 17.9 Å². The Morgan fingerprint density at radius 3 is 2.55 bits per heavy atom. The summed E-state index contributed by atoms with van der Waals surface area (Å²) in [6.07, 6.45) is 2.35. The van der Waals surface area contributed by atoms with Gasteiger partial charge in [0.05, 0.1) is 29.8 Å². The number of ether oxygens (including phenoxy) is 1. The van der Waals surface area contributed by atoms with Crippen LogP contribution in [0.4, 0.5) is 0 Å². The van der Waals surface area contributed by atoms with Crippen LogP contribution in [-0.2, 0) is 31.9 Å². The SMILES string of the molecule is Cc1nc(SCC(=O)N2CCN(S(=O)(=O)Cc3ccccc3)CC2)n(CC2CCCO2)c1C. The molecule has 4 rings (SSSR count). The number of benzene rings is 1. The van der Waals surface area contributed by atoms with Crippen molar-refractivity contribution in [2.75, 3.05) is 38.5 Å². The van der Waals surface area contributed by atoms with Gasteiger partial charge in [0.2, 0.25) is 15.9 Å². The minimum Gasteiger partial charge on any atom is -0.376 e. The standard InChI is InChI=1S/C23H32N4O4S2/c1-18-19(2)27(15-21-9-6-14-31-21)23(24-18)32-16-22(28)25-10-12-26(13-11-25)33(29,30)17-20-7-4-3-5-8-20/h3-5,7-8,21H,6,9-17H2,1-2H3. The topological polar surface area (TPSA) is 84.7 Å². The third kappa shape index (κ3) is 5.98. The Morgan fingerprint density at radius 1 is 1.15 bits per heavy atom. The van der Waals surface area contributed by atoms with E-state index in [1.54, 1.807) is 4.90 Å². The molecule has 180 valence electrons. The first-order chi connectivity index (χ1) is 15.8. The van der Waals surface area contributed by atoms with Crippen LogP contribution in [0.25, 0.3) is 0 Å². The van der Waals surface area contributed by atoms with Gasteiger partial charge in [-0.3, -0.25) is 4.79 Å². The van der Waals surface area contributed by atoms with Crippen molar-refractivity contribution in [3.63, 3.8) is 0 Å². The summed E-state index contributed by atoms with van der Waals surface area (Å²) in [6, 6.07) is 9.19. The van der Waals surface area contributed by atoms with Crippen LogP contribution in [0.5, 0.6) is 0 Å². The number of aryl methyl sites for hydroxylation is 1. The second-order valence-electron chi connectivity index (χ2n) is 8.62. The lowest BCUT2D eigenvalue weighted by Crippen LogP contribution is -2.51. The van der Waals surface area contributed by atoms with E-state index >= 15 is 0 Å². The third-order valence-electron chi connectivity index (χ3n) is 6.33. The first-order valence-electron chi connectivity index (χ1n) is 11.4. The van der Waals surface area contributed by atoms with Crippen molar-refractivity contribution in [2.45, 2.75) is 50.2 Å². The predicted molar refractivity (Wildman–Crippen MR) is 129 cm³/mol. The van der Waals surface area contributed by atoms with Gasteiger partial charge in [-0.1, -0.05) is 42.1 Å². The lowest BCUT2D eigenvalue weighted by molar-refractivity contribution is -0.129. The van der Waals surface area contributed by atoms with Crippen molar-refractivity contribution in [1.82, 2.24) is 18.8 Å². The van der Waals surface area contributed by atoms with Crippen LogP contribution < -0.4 is 0 Å². The highest BCUT2D eigenvalue weighted by atomic mass is 32.2. The lowest BCUT2D eigenvalue weighted by atomic mass is 10.2. The molecule has 33 heavy (non-hydrogen) atoms. The van der Waals surface area contributed by atoms with Gasteiger partial charge in [0, 0.05) is 38.5 Å². The first-order valence-corrected chi connectivity index (χ1v) is 14.0. The number of hydrogen-bond acceptors (Lipinski definition) is 6. The molecule has 8 nitrogen and oxygen atoms in total. The summed E-state index contributed by atoms with van der Waals surface area (Å²) in [6.45, 7) is 7.10. The number of carbonyl (C=O) groups is 1. The Hall–Kier alpha value is -1.88. The number of nitrogens with zero attached hydrogens (tertiary/aromatic N) is 4. The van der Waals surface area contributed by atoms with Crippen molar-refractivity contribution >= 4 is 27.7 Å². The largest absolute Gasteiger partial charge is 0.376 e. The summed E-state index contributed by atoms with van der Waals surface area (Å²) in [7, 11) is -3.40. The molecule has 0 aliphatic carbocycles. The number of sulfonamides is 1. The summed E-state index contributed by atoms with van der Waals surface area (Å²) >= 11 is 1.45. The van der Waals surface area contributed by atoms with Crippen molar-refractivity contribution in [3.05, 3.63) is 47.3 Å². The zero-order chi connectivity index (χ0) is 23.4. The molecule has 0 saturated carbocycles. The van der Waals surface area contributed by atoms with E-state index < -0.39 is 10.0 Å². The molecular weight excluding hydrogens is 460 g/mol. The number of piperazine rings is 1. The number of amides is 1. The minimum absolute atomic E-state index is 0.0102. The highest BCUT2D eigenvalue weighted by Crippen LogP contribution is 2.25. The molecule has 2 aliphatic rings. The van der Waals surface area contributed by atoms with Gasteiger partial charge in [-0.25, -0.2) is 13.4 Å². The average molecular weight is 493 g/mol. The molecule has 10 heteroatoms. The summed E-state index contributed by atoms with van der Waals surface area (Å²) < 4.78 is 35.0. The van der Waals surface area contributed by atoms with Crippen LogP contribution in [0.3, 0.4) is 0 Å². The molecule has 1 unspecified atom stereocenters. The molecule has 0 N–H and O–H groups in total. The third-order valence-corrected chi connectivity index (χ3v) is 9.15. The Balaban J connectivity index is 1.30. The number of thioether (sulfide) groups is 1. The van der Waals surface area contributed by atoms with Crippen molar-refractivity contribution in [3.8, 4) is 0 Å². The van der Waals surface area contributed by atoms with Crippen molar-refractivity contribution in [2.24, 2.45) is 0 Å². The molecule has 0 spiro atoms. The number of rotatable bonds is 8. The first kappa shape index (κ1) is 24.3. The van der Waals surface area contributed by atoms with Gasteiger partial charge < -0.3 is 14.2 Å². The highest BCUT2D eigenvalue weighted by Gasteiger charge is 2.29. The molecule has 2 fully saturated rings. The van der Waals surface area contributed by atoms with E-state index in [-0.39, 0.29) is 23.5 Å². The molecule has 1 amide bonds. The molecule has 3 heterocycles. The van der Waals surface area contributed by atoms with E-state index in [2.05, 4.69) is 16.5 Å². The summed E-state index contributed by atoms with van der Waals surface area (Å²) in [5.74, 6) is 0.295. The van der Waals surface area contributed by atoms with E-state index in [0.717, 1.165) is 48.1 Å². The highest BCUT2D eigenvalue weighted by molar-refractivity contribution is 7.99. The second kappa shape index (κ2) is 10.6.